The maximum Gasteiger partial charge on any atom is 0.408 e. The molecule has 0 aliphatic rings. The molecule has 0 saturated heterocycles. The number of carboxylic acids is 1. The van der Waals surface area contributed by atoms with Crippen LogP contribution in [0.1, 0.15) is 32.4 Å². The molecule has 6 heteroatoms. The first-order valence-corrected chi connectivity index (χ1v) is 7.80. The fourth-order valence-corrected chi connectivity index (χ4v) is 2.10. The number of amides is 1. The predicted octanol–water partition coefficient (Wildman–Crippen LogP) is 4.13. The highest BCUT2D eigenvalue weighted by Crippen LogP contribution is 2.25. The van der Waals surface area contributed by atoms with Crippen LogP contribution in [0.25, 0.3) is 0 Å². The number of nitrogens with one attached hydrogen (secondary N) is 1. The minimum atomic E-state index is -1.24. The summed E-state index contributed by atoms with van der Waals surface area (Å²) in [5.74, 6) is -0.0877. The molecule has 2 rings (SSSR count). The number of carboxylic acid groups (broad SMARTS) is 1. The van der Waals surface area contributed by atoms with Gasteiger partial charge < -0.3 is 19.9 Å². The number of rotatable bonds is 5. The van der Waals surface area contributed by atoms with E-state index in [0.29, 0.717) is 17.1 Å². The van der Waals surface area contributed by atoms with Crippen molar-refractivity contribution in [1.29, 1.82) is 0 Å². The van der Waals surface area contributed by atoms with Crippen LogP contribution < -0.4 is 10.1 Å². The summed E-state index contributed by atoms with van der Waals surface area (Å²) in [5, 5.41) is 11.8. The molecule has 0 aromatic heterocycles. The Hall–Kier alpha value is -3.02. The Balaban J connectivity index is 2.17. The zero-order valence-corrected chi connectivity index (χ0v) is 14.4. The van der Waals surface area contributed by atoms with Gasteiger partial charge in [0.05, 0.1) is 0 Å². The Kier molecular flexibility index (Phi) is 5.64. The minimum Gasteiger partial charge on any atom is -0.479 e. The Bertz CT molecular complexity index is 737. The molecule has 1 amide bonds. The van der Waals surface area contributed by atoms with E-state index in [4.69, 9.17) is 9.47 Å². The number of ether oxygens (including phenoxy) is 2. The van der Waals surface area contributed by atoms with Gasteiger partial charge in [0.2, 0.25) is 0 Å². The highest BCUT2D eigenvalue weighted by Gasteiger charge is 2.25. The third-order valence-electron chi connectivity index (χ3n) is 3.08. The van der Waals surface area contributed by atoms with Crippen molar-refractivity contribution in [3.8, 4) is 11.5 Å². The number of para-hydroxylation sites is 1. The Morgan fingerprint density at radius 1 is 1.00 bits per heavy atom. The largest absolute Gasteiger partial charge is 0.479 e. The van der Waals surface area contributed by atoms with E-state index in [-0.39, 0.29) is 0 Å². The molecule has 0 spiro atoms. The molecule has 0 radical (unpaired) electrons. The number of aliphatic carboxylic acids is 1. The molecule has 6 nitrogen and oxygen atoms in total. The second-order valence-corrected chi connectivity index (χ2v) is 6.41. The van der Waals surface area contributed by atoms with Gasteiger partial charge in [0, 0.05) is 0 Å². The van der Waals surface area contributed by atoms with Gasteiger partial charge in [-0.15, -0.1) is 0 Å². The molecule has 1 unspecified atom stereocenters. The summed E-state index contributed by atoms with van der Waals surface area (Å²) in [6.07, 6.45) is -0.797. The average Bonchev–Trinajstić information content (AvgIpc) is 2.52. The second-order valence-electron chi connectivity index (χ2n) is 6.41. The lowest BCUT2D eigenvalue weighted by molar-refractivity contribution is -0.139. The van der Waals surface area contributed by atoms with Crippen LogP contribution in [0.15, 0.2) is 54.6 Å². The van der Waals surface area contributed by atoms with E-state index in [1.165, 1.54) is 0 Å². The molecule has 2 N–H and O–H groups in total. The molecule has 0 bridgehead atoms. The van der Waals surface area contributed by atoms with Crippen LogP contribution in [0.3, 0.4) is 0 Å². The van der Waals surface area contributed by atoms with Crippen molar-refractivity contribution in [2.75, 3.05) is 0 Å². The van der Waals surface area contributed by atoms with Crippen molar-refractivity contribution in [3.05, 3.63) is 60.2 Å². The van der Waals surface area contributed by atoms with Gasteiger partial charge in [-0.2, -0.15) is 0 Å². The molecule has 0 heterocycles. The van der Waals surface area contributed by atoms with E-state index in [0.717, 1.165) is 0 Å². The lowest BCUT2D eigenvalue weighted by Gasteiger charge is -2.22. The maximum atomic E-state index is 11.9. The van der Waals surface area contributed by atoms with Crippen LogP contribution in [0.5, 0.6) is 11.5 Å². The highest BCUT2D eigenvalue weighted by molar-refractivity contribution is 5.81. The smallest absolute Gasteiger partial charge is 0.408 e. The molecule has 0 aliphatic carbocycles. The lowest BCUT2D eigenvalue weighted by atomic mass is 10.1. The van der Waals surface area contributed by atoms with E-state index >= 15 is 0 Å². The second kappa shape index (κ2) is 7.70. The number of hydrogen-bond acceptors (Lipinski definition) is 4. The zero-order chi connectivity index (χ0) is 18.4. The van der Waals surface area contributed by atoms with Crippen molar-refractivity contribution in [1.82, 2.24) is 5.32 Å². The van der Waals surface area contributed by atoms with E-state index in [1.807, 2.05) is 18.2 Å². The van der Waals surface area contributed by atoms with Gasteiger partial charge in [-0.1, -0.05) is 30.3 Å². The standard InChI is InChI=1S/C19H21NO5/c1-19(2,3)25-18(23)20-16(17(21)22)13-8-7-11-15(12-13)24-14-9-5-4-6-10-14/h4-12,16H,1-3H3,(H,20,23)(H,21,22). The van der Waals surface area contributed by atoms with Gasteiger partial charge in [0.25, 0.3) is 0 Å². The van der Waals surface area contributed by atoms with Gasteiger partial charge in [-0.3, -0.25) is 0 Å². The summed E-state index contributed by atoms with van der Waals surface area (Å²) in [4.78, 5) is 23.5. The van der Waals surface area contributed by atoms with Crippen molar-refractivity contribution < 1.29 is 24.2 Å². The van der Waals surface area contributed by atoms with Crippen LogP contribution in [0.4, 0.5) is 4.79 Å². The molecule has 0 saturated carbocycles. The van der Waals surface area contributed by atoms with Crippen molar-refractivity contribution in [3.63, 3.8) is 0 Å². The molecule has 0 fully saturated rings. The number of benzene rings is 2. The molecule has 25 heavy (non-hydrogen) atoms. The van der Waals surface area contributed by atoms with Crippen LogP contribution in [-0.2, 0) is 9.53 Å². The van der Waals surface area contributed by atoms with Gasteiger partial charge in [-0.05, 0) is 50.6 Å². The third kappa shape index (κ3) is 5.84. The SMILES string of the molecule is CC(C)(C)OC(=O)NC(C(=O)O)c1cccc(Oc2ccccc2)c1. The first-order valence-electron chi connectivity index (χ1n) is 7.80. The van der Waals surface area contributed by atoms with E-state index in [1.54, 1.807) is 57.2 Å². The number of hydrogen-bond donors (Lipinski definition) is 2. The quantitative estimate of drug-likeness (QED) is 0.852. The Morgan fingerprint density at radius 2 is 1.64 bits per heavy atom. The lowest BCUT2D eigenvalue weighted by Crippen LogP contribution is -2.38. The van der Waals surface area contributed by atoms with Gasteiger partial charge in [-0.25, -0.2) is 9.59 Å². The van der Waals surface area contributed by atoms with Crippen molar-refractivity contribution in [2.24, 2.45) is 0 Å². The summed E-state index contributed by atoms with van der Waals surface area (Å²) in [5.41, 5.74) is -0.336. The predicted molar refractivity (Wildman–Crippen MR) is 92.7 cm³/mol. The summed E-state index contributed by atoms with van der Waals surface area (Å²) >= 11 is 0. The molecule has 2 aromatic rings. The highest BCUT2D eigenvalue weighted by atomic mass is 16.6. The third-order valence-corrected chi connectivity index (χ3v) is 3.08. The van der Waals surface area contributed by atoms with Crippen LogP contribution >= 0.6 is 0 Å². The summed E-state index contributed by atoms with van der Waals surface area (Å²) in [6, 6.07) is 14.4. The molecule has 0 aliphatic heterocycles. The van der Waals surface area contributed by atoms with Gasteiger partial charge in [0.15, 0.2) is 6.04 Å². The Labute approximate surface area is 146 Å². The molecule has 2 aromatic carbocycles. The van der Waals surface area contributed by atoms with E-state index < -0.39 is 23.7 Å². The van der Waals surface area contributed by atoms with Crippen LogP contribution in [0.2, 0.25) is 0 Å². The summed E-state index contributed by atoms with van der Waals surface area (Å²) < 4.78 is 10.8. The van der Waals surface area contributed by atoms with Gasteiger partial charge in [0.1, 0.15) is 17.1 Å². The number of alkyl carbamates (subject to hydrolysis) is 1. The first-order chi connectivity index (χ1) is 11.7. The summed E-state index contributed by atoms with van der Waals surface area (Å²) in [7, 11) is 0. The normalized spacial score (nSPS) is 12.1. The van der Waals surface area contributed by atoms with E-state index in [9.17, 15) is 14.7 Å². The average molecular weight is 343 g/mol. The molecular weight excluding hydrogens is 322 g/mol. The molecule has 1 atom stereocenters. The number of carbonyl (C=O) groups excluding carboxylic acids is 1. The monoisotopic (exact) mass is 343 g/mol. The van der Waals surface area contributed by atoms with Crippen molar-refractivity contribution in [2.45, 2.75) is 32.4 Å². The van der Waals surface area contributed by atoms with Crippen molar-refractivity contribution >= 4 is 12.1 Å². The summed E-state index contributed by atoms with van der Waals surface area (Å²) in [6.45, 7) is 5.12. The molecular formula is C19H21NO5. The van der Waals surface area contributed by atoms with Gasteiger partial charge >= 0.3 is 12.1 Å². The van der Waals surface area contributed by atoms with Crippen LogP contribution in [-0.4, -0.2) is 22.8 Å². The molecule has 132 valence electrons. The van der Waals surface area contributed by atoms with E-state index in [2.05, 4.69) is 5.32 Å². The maximum absolute atomic E-state index is 11.9. The Morgan fingerprint density at radius 3 is 2.24 bits per heavy atom. The number of carbonyl (C=O) groups is 2. The zero-order valence-electron chi connectivity index (χ0n) is 14.4. The fraction of sp³-hybridized carbons (Fsp3) is 0.263. The topological polar surface area (TPSA) is 84.9 Å². The fourth-order valence-electron chi connectivity index (χ4n) is 2.10. The minimum absolute atomic E-state index is 0.381. The van der Waals surface area contributed by atoms with Crippen LogP contribution in [0, 0.1) is 0 Å². The first kappa shape index (κ1) is 18.3.